The van der Waals surface area contributed by atoms with Gasteiger partial charge in [0.15, 0.2) is 0 Å². The van der Waals surface area contributed by atoms with Crippen LogP contribution in [0.2, 0.25) is 0 Å². The van der Waals surface area contributed by atoms with Gasteiger partial charge in [-0.25, -0.2) is 18.5 Å². The van der Waals surface area contributed by atoms with E-state index < -0.39 is 10.0 Å². The van der Waals surface area contributed by atoms with Crippen molar-refractivity contribution in [2.24, 2.45) is 5.14 Å². The second kappa shape index (κ2) is 5.19. The molecule has 0 aliphatic heterocycles. The second-order valence-electron chi connectivity index (χ2n) is 5.14. The molecule has 0 bridgehead atoms. The molecule has 0 atom stereocenters. The Hall–Kier alpha value is -2.25. The van der Waals surface area contributed by atoms with Crippen LogP contribution in [0.25, 0.3) is 16.6 Å². The normalized spacial score (nSPS) is 12.0. The van der Waals surface area contributed by atoms with E-state index >= 15 is 0 Å². The molecule has 0 aliphatic carbocycles. The SMILES string of the molecule is CCc1cn(-c2cccc3cc(C)cnc23)c(S(N)(=O)=O)n1. The first-order valence-electron chi connectivity index (χ1n) is 6.87. The number of aryl methyl sites for hydroxylation is 2. The number of imidazole rings is 1. The van der Waals surface area contributed by atoms with E-state index in [-0.39, 0.29) is 5.16 Å². The highest BCUT2D eigenvalue weighted by Gasteiger charge is 2.20. The van der Waals surface area contributed by atoms with Gasteiger partial charge >= 0.3 is 0 Å². The van der Waals surface area contributed by atoms with Crippen molar-refractivity contribution in [1.29, 1.82) is 0 Å². The highest BCUT2D eigenvalue weighted by Crippen LogP contribution is 2.24. The maximum absolute atomic E-state index is 11.8. The minimum Gasteiger partial charge on any atom is -0.287 e. The topological polar surface area (TPSA) is 90.9 Å². The molecule has 0 aliphatic rings. The van der Waals surface area contributed by atoms with Gasteiger partial charge < -0.3 is 0 Å². The van der Waals surface area contributed by atoms with E-state index in [2.05, 4.69) is 9.97 Å². The number of fused-ring (bicyclic) bond motifs is 1. The summed E-state index contributed by atoms with van der Waals surface area (Å²) >= 11 is 0. The number of para-hydroxylation sites is 1. The summed E-state index contributed by atoms with van der Waals surface area (Å²) in [7, 11) is -3.92. The Kier molecular flexibility index (Phi) is 3.46. The van der Waals surface area contributed by atoms with Crippen LogP contribution in [0.4, 0.5) is 0 Å². The molecule has 114 valence electrons. The summed E-state index contributed by atoms with van der Waals surface area (Å²) in [6.07, 6.45) is 4.06. The molecule has 0 unspecified atom stereocenters. The summed E-state index contributed by atoms with van der Waals surface area (Å²) in [5.74, 6) is 0. The first kappa shape index (κ1) is 14.7. The minimum atomic E-state index is -3.92. The zero-order chi connectivity index (χ0) is 15.9. The zero-order valence-electron chi connectivity index (χ0n) is 12.3. The minimum absolute atomic E-state index is 0.167. The van der Waals surface area contributed by atoms with Crippen molar-refractivity contribution in [2.45, 2.75) is 25.4 Å². The summed E-state index contributed by atoms with van der Waals surface area (Å²) in [5, 5.41) is 6.07. The van der Waals surface area contributed by atoms with E-state index in [1.807, 2.05) is 32.0 Å². The fraction of sp³-hybridized carbons (Fsp3) is 0.200. The molecule has 3 rings (SSSR count). The van der Waals surface area contributed by atoms with Crippen molar-refractivity contribution in [3.05, 3.63) is 47.9 Å². The molecular weight excluding hydrogens is 300 g/mol. The number of benzene rings is 1. The molecule has 6 nitrogen and oxygen atoms in total. The molecule has 0 radical (unpaired) electrons. The van der Waals surface area contributed by atoms with Gasteiger partial charge in [-0.15, -0.1) is 0 Å². The van der Waals surface area contributed by atoms with Crippen molar-refractivity contribution >= 4 is 20.9 Å². The molecule has 0 amide bonds. The predicted octanol–water partition coefficient (Wildman–Crippen LogP) is 1.94. The number of sulfonamides is 1. The molecule has 1 aromatic carbocycles. The van der Waals surface area contributed by atoms with Crippen molar-refractivity contribution in [3.8, 4) is 5.69 Å². The monoisotopic (exact) mass is 316 g/mol. The van der Waals surface area contributed by atoms with Gasteiger partial charge in [-0.2, -0.15) is 0 Å². The van der Waals surface area contributed by atoms with Crippen LogP contribution in [0.3, 0.4) is 0 Å². The van der Waals surface area contributed by atoms with Crippen LogP contribution in [0.15, 0.2) is 41.8 Å². The zero-order valence-corrected chi connectivity index (χ0v) is 13.1. The Morgan fingerprint density at radius 2 is 2.09 bits per heavy atom. The van der Waals surface area contributed by atoms with Crippen LogP contribution < -0.4 is 5.14 Å². The third-order valence-electron chi connectivity index (χ3n) is 3.43. The maximum Gasteiger partial charge on any atom is 0.272 e. The predicted molar refractivity (Wildman–Crippen MR) is 84.4 cm³/mol. The third kappa shape index (κ3) is 2.49. The number of nitrogens with two attached hydrogens (primary N) is 1. The third-order valence-corrected chi connectivity index (χ3v) is 4.22. The highest BCUT2D eigenvalue weighted by atomic mass is 32.2. The van der Waals surface area contributed by atoms with Crippen molar-refractivity contribution in [1.82, 2.24) is 14.5 Å². The van der Waals surface area contributed by atoms with Gasteiger partial charge in [0.05, 0.1) is 16.9 Å². The first-order chi connectivity index (χ1) is 10.4. The molecule has 0 fully saturated rings. The van der Waals surface area contributed by atoms with E-state index in [0.717, 1.165) is 10.9 Å². The van der Waals surface area contributed by atoms with Crippen LogP contribution >= 0.6 is 0 Å². The van der Waals surface area contributed by atoms with Crippen LogP contribution in [0.5, 0.6) is 0 Å². The van der Waals surface area contributed by atoms with Gasteiger partial charge in [0.2, 0.25) is 5.16 Å². The lowest BCUT2D eigenvalue weighted by Crippen LogP contribution is -2.17. The summed E-state index contributed by atoms with van der Waals surface area (Å²) in [6.45, 7) is 3.87. The molecule has 2 heterocycles. The summed E-state index contributed by atoms with van der Waals surface area (Å²) in [4.78, 5) is 8.55. The molecular formula is C15H16N4O2S. The lowest BCUT2D eigenvalue weighted by atomic mass is 10.1. The van der Waals surface area contributed by atoms with E-state index in [4.69, 9.17) is 5.14 Å². The Morgan fingerprint density at radius 1 is 1.32 bits per heavy atom. The Labute approximate surface area is 128 Å². The lowest BCUT2D eigenvalue weighted by molar-refractivity contribution is 0.586. The number of nitrogens with zero attached hydrogens (tertiary/aromatic N) is 3. The van der Waals surface area contributed by atoms with Crippen molar-refractivity contribution in [2.75, 3.05) is 0 Å². The van der Waals surface area contributed by atoms with Crippen LogP contribution in [0, 0.1) is 6.92 Å². The number of rotatable bonds is 3. The molecule has 22 heavy (non-hydrogen) atoms. The van der Waals surface area contributed by atoms with Crippen LogP contribution in [-0.4, -0.2) is 23.0 Å². The molecule has 0 saturated carbocycles. The highest BCUT2D eigenvalue weighted by molar-refractivity contribution is 7.89. The van der Waals surface area contributed by atoms with E-state index in [1.165, 1.54) is 4.57 Å². The number of hydrogen-bond donors (Lipinski definition) is 1. The molecule has 2 N–H and O–H groups in total. The molecule has 0 spiro atoms. The van der Waals surface area contributed by atoms with Gasteiger partial charge in [0.25, 0.3) is 10.0 Å². The number of primary sulfonamides is 1. The molecule has 2 aromatic heterocycles. The van der Waals surface area contributed by atoms with E-state index in [9.17, 15) is 8.42 Å². The number of aromatic nitrogens is 3. The van der Waals surface area contributed by atoms with Gasteiger partial charge in [-0.1, -0.05) is 19.1 Å². The number of hydrogen-bond acceptors (Lipinski definition) is 4. The fourth-order valence-electron chi connectivity index (χ4n) is 2.40. The molecule has 0 saturated heterocycles. The standard InChI is InChI=1S/C15H16N4O2S/c1-3-12-9-19(15(18-12)22(16,20)21)13-6-4-5-11-7-10(2)8-17-14(11)13/h4-9H,3H2,1-2H3,(H2,16,20,21). The second-order valence-corrected chi connectivity index (χ2v) is 6.60. The summed E-state index contributed by atoms with van der Waals surface area (Å²) in [6, 6.07) is 7.60. The van der Waals surface area contributed by atoms with Gasteiger partial charge in [0, 0.05) is 17.8 Å². The molecule has 7 heteroatoms. The van der Waals surface area contributed by atoms with Crippen molar-refractivity contribution in [3.63, 3.8) is 0 Å². The first-order valence-corrected chi connectivity index (χ1v) is 8.41. The van der Waals surface area contributed by atoms with Gasteiger partial charge in [-0.3, -0.25) is 9.55 Å². The summed E-state index contributed by atoms with van der Waals surface area (Å²) in [5.41, 5.74) is 3.05. The smallest absolute Gasteiger partial charge is 0.272 e. The quantitative estimate of drug-likeness (QED) is 0.799. The van der Waals surface area contributed by atoms with Crippen LogP contribution in [-0.2, 0) is 16.4 Å². The largest absolute Gasteiger partial charge is 0.287 e. The average Bonchev–Trinajstić information content (AvgIpc) is 2.90. The fourth-order valence-corrected chi connectivity index (χ4v) is 3.07. The van der Waals surface area contributed by atoms with Gasteiger partial charge in [0.1, 0.15) is 0 Å². The Bertz CT molecular complexity index is 961. The van der Waals surface area contributed by atoms with E-state index in [1.54, 1.807) is 18.5 Å². The van der Waals surface area contributed by atoms with Crippen LogP contribution in [0.1, 0.15) is 18.2 Å². The maximum atomic E-state index is 11.8. The Balaban J connectivity index is 2.35. The van der Waals surface area contributed by atoms with E-state index in [0.29, 0.717) is 23.3 Å². The van der Waals surface area contributed by atoms with Gasteiger partial charge in [-0.05, 0) is 31.0 Å². The van der Waals surface area contributed by atoms with Crippen molar-refractivity contribution < 1.29 is 8.42 Å². The molecule has 3 aromatic rings. The number of pyridine rings is 1. The average molecular weight is 316 g/mol. The summed E-state index contributed by atoms with van der Waals surface area (Å²) < 4.78 is 25.1. The Morgan fingerprint density at radius 3 is 2.77 bits per heavy atom. The lowest BCUT2D eigenvalue weighted by Gasteiger charge is -2.09.